The Balaban J connectivity index is 1.54. The van der Waals surface area contributed by atoms with Gasteiger partial charge in [-0.25, -0.2) is 4.79 Å². The summed E-state index contributed by atoms with van der Waals surface area (Å²) in [6.07, 6.45) is 4.38. The first-order valence-electron chi connectivity index (χ1n) is 9.24. The fourth-order valence-corrected chi connectivity index (χ4v) is 4.13. The molecule has 0 aromatic heterocycles. The van der Waals surface area contributed by atoms with E-state index in [4.69, 9.17) is 9.47 Å². The lowest BCUT2D eigenvalue weighted by Crippen LogP contribution is -2.53. The van der Waals surface area contributed by atoms with Gasteiger partial charge in [0.1, 0.15) is 0 Å². The topological polar surface area (TPSA) is 71.1 Å². The summed E-state index contributed by atoms with van der Waals surface area (Å²) in [5.41, 5.74) is 0. The molecule has 3 aliphatic heterocycles. The van der Waals surface area contributed by atoms with Crippen molar-refractivity contribution in [2.45, 2.75) is 57.2 Å². The lowest BCUT2D eigenvalue weighted by atomic mass is 10.0. The van der Waals surface area contributed by atoms with Crippen LogP contribution >= 0.6 is 0 Å². The minimum absolute atomic E-state index is 0.0281. The summed E-state index contributed by atoms with van der Waals surface area (Å²) in [6, 6.07) is 0.386. The maximum Gasteiger partial charge on any atom is 0.407 e. The van der Waals surface area contributed by atoms with Crippen molar-refractivity contribution in [1.29, 1.82) is 0 Å². The molecule has 3 fully saturated rings. The number of piperidine rings is 1. The molecule has 1 N–H and O–H groups in total. The van der Waals surface area contributed by atoms with Crippen molar-refractivity contribution in [3.05, 3.63) is 0 Å². The minimum Gasteiger partial charge on any atom is -0.450 e. The fourth-order valence-electron chi connectivity index (χ4n) is 4.13. The number of amides is 2. The summed E-state index contributed by atoms with van der Waals surface area (Å²) >= 11 is 0. The number of carbonyl (C=O) groups excluding carboxylic acids is 2. The van der Waals surface area contributed by atoms with Gasteiger partial charge in [-0.3, -0.25) is 9.69 Å². The van der Waals surface area contributed by atoms with Gasteiger partial charge < -0.3 is 19.7 Å². The molecule has 0 spiro atoms. The fraction of sp³-hybridized carbons (Fsp3) is 0.882. The van der Waals surface area contributed by atoms with Crippen molar-refractivity contribution < 1.29 is 19.1 Å². The monoisotopic (exact) mass is 339 g/mol. The minimum atomic E-state index is -0.356. The third-order valence-electron chi connectivity index (χ3n) is 5.33. The Bertz CT molecular complexity index is 453. The highest BCUT2D eigenvalue weighted by Gasteiger charge is 2.40. The summed E-state index contributed by atoms with van der Waals surface area (Å²) in [5, 5.41) is 2.92. The Morgan fingerprint density at radius 1 is 1.25 bits per heavy atom. The first-order chi connectivity index (χ1) is 11.7. The molecule has 2 unspecified atom stereocenters. The van der Waals surface area contributed by atoms with Gasteiger partial charge in [0.05, 0.1) is 12.6 Å². The number of hydrogen-bond donors (Lipinski definition) is 1. The van der Waals surface area contributed by atoms with Crippen LogP contribution in [0.3, 0.4) is 0 Å². The van der Waals surface area contributed by atoms with Crippen LogP contribution in [0, 0.1) is 0 Å². The van der Waals surface area contributed by atoms with E-state index in [0.717, 1.165) is 65.0 Å². The van der Waals surface area contributed by atoms with Gasteiger partial charge in [0.15, 0.2) is 0 Å². The summed E-state index contributed by atoms with van der Waals surface area (Å²) in [4.78, 5) is 28.8. The zero-order chi connectivity index (χ0) is 16.9. The van der Waals surface area contributed by atoms with Crippen LogP contribution < -0.4 is 5.32 Å². The number of ether oxygens (including phenoxy) is 2. The molecule has 24 heavy (non-hydrogen) atoms. The standard InChI is InChI=1S/C17H29N3O4/c1-2-24-17(22)18-13-4-3-8-19(12-13)15-5-9-20(16(15)21)14-6-10-23-11-7-14/h13-15H,2-12H2,1H3,(H,18,22). The average Bonchev–Trinajstić information content (AvgIpc) is 2.97. The second-order valence-electron chi connectivity index (χ2n) is 6.88. The molecule has 3 rings (SSSR count). The average molecular weight is 339 g/mol. The first kappa shape index (κ1) is 17.5. The van der Waals surface area contributed by atoms with E-state index in [2.05, 4.69) is 15.1 Å². The van der Waals surface area contributed by atoms with Gasteiger partial charge >= 0.3 is 6.09 Å². The Kier molecular flexibility index (Phi) is 5.94. The molecular weight excluding hydrogens is 310 g/mol. The van der Waals surface area contributed by atoms with Crippen LogP contribution in [0.2, 0.25) is 0 Å². The van der Waals surface area contributed by atoms with E-state index in [-0.39, 0.29) is 24.1 Å². The van der Waals surface area contributed by atoms with Crippen molar-refractivity contribution >= 4 is 12.0 Å². The van der Waals surface area contributed by atoms with Crippen LogP contribution in [0.1, 0.15) is 39.0 Å². The Hall–Kier alpha value is -1.34. The van der Waals surface area contributed by atoms with E-state index < -0.39 is 0 Å². The Morgan fingerprint density at radius 3 is 2.79 bits per heavy atom. The third-order valence-corrected chi connectivity index (χ3v) is 5.33. The normalized spacial score (nSPS) is 29.7. The van der Waals surface area contributed by atoms with E-state index in [0.29, 0.717) is 12.6 Å². The van der Waals surface area contributed by atoms with Crippen LogP contribution in [0.4, 0.5) is 4.79 Å². The zero-order valence-corrected chi connectivity index (χ0v) is 14.5. The van der Waals surface area contributed by atoms with E-state index in [1.54, 1.807) is 6.92 Å². The largest absolute Gasteiger partial charge is 0.450 e. The number of likely N-dealkylation sites (tertiary alicyclic amines) is 2. The summed E-state index contributed by atoms with van der Waals surface area (Å²) < 4.78 is 10.4. The van der Waals surface area contributed by atoms with Gasteiger partial charge in [-0.1, -0.05) is 0 Å². The molecule has 7 heteroatoms. The first-order valence-corrected chi connectivity index (χ1v) is 9.24. The molecule has 3 heterocycles. The van der Waals surface area contributed by atoms with Gasteiger partial charge in [-0.05, 0) is 45.6 Å². The molecule has 7 nitrogen and oxygen atoms in total. The van der Waals surface area contributed by atoms with Crippen LogP contribution in [-0.2, 0) is 14.3 Å². The van der Waals surface area contributed by atoms with Crippen molar-refractivity contribution in [3.63, 3.8) is 0 Å². The maximum atomic E-state index is 12.9. The number of nitrogens with one attached hydrogen (secondary N) is 1. The van der Waals surface area contributed by atoms with Gasteiger partial charge in [0.25, 0.3) is 0 Å². The van der Waals surface area contributed by atoms with Crippen molar-refractivity contribution in [1.82, 2.24) is 15.1 Å². The molecule has 0 aliphatic carbocycles. The van der Waals surface area contributed by atoms with Crippen LogP contribution in [0.25, 0.3) is 0 Å². The highest BCUT2D eigenvalue weighted by atomic mass is 16.5. The van der Waals surface area contributed by atoms with Crippen LogP contribution in [0.15, 0.2) is 0 Å². The maximum absolute atomic E-state index is 12.9. The second kappa shape index (κ2) is 8.16. The third kappa shape index (κ3) is 4.00. The quantitative estimate of drug-likeness (QED) is 0.827. The van der Waals surface area contributed by atoms with Gasteiger partial charge in [-0.15, -0.1) is 0 Å². The molecule has 0 saturated carbocycles. The van der Waals surface area contributed by atoms with Crippen LogP contribution in [-0.4, -0.2) is 79.4 Å². The Morgan fingerprint density at radius 2 is 2.04 bits per heavy atom. The number of nitrogens with zero attached hydrogens (tertiary/aromatic N) is 2. The molecule has 2 atom stereocenters. The highest BCUT2D eigenvalue weighted by molar-refractivity contribution is 5.84. The van der Waals surface area contributed by atoms with Crippen molar-refractivity contribution in [2.75, 3.05) is 39.5 Å². The number of hydrogen-bond acceptors (Lipinski definition) is 5. The molecule has 0 radical (unpaired) electrons. The highest BCUT2D eigenvalue weighted by Crippen LogP contribution is 2.26. The van der Waals surface area contributed by atoms with Gasteiger partial charge in [0, 0.05) is 38.4 Å². The molecule has 0 aromatic carbocycles. The lowest BCUT2D eigenvalue weighted by molar-refractivity contribution is -0.136. The SMILES string of the molecule is CCOC(=O)NC1CCCN(C2CCN(C3CCOCC3)C2=O)C1. The molecular formula is C17H29N3O4. The Labute approximate surface area is 143 Å². The number of alkyl carbamates (subject to hydrolysis) is 1. The van der Waals surface area contributed by atoms with E-state index in [1.165, 1.54) is 0 Å². The van der Waals surface area contributed by atoms with Crippen molar-refractivity contribution in [3.8, 4) is 0 Å². The van der Waals surface area contributed by atoms with E-state index >= 15 is 0 Å². The van der Waals surface area contributed by atoms with E-state index in [1.807, 2.05) is 0 Å². The van der Waals surface area contributed by atoms with E-state index in [9.17, 15) is 9.59 Å². The number of rotatable bonds is 4. The number of carbonyl (C=O) groups is 2. The molecule has 0 bridgehead atoms. The summed E-state index contributed by atoms with van der Waals surface area (Å²) in [7, 11) is 0. The lowest BCUT2D eigenvalue weighted by Gasteiger charge is -2.37. The zero-order valence-electron chi connectivity index (χ0n) is 14.5. The predicted octanol–water partition coefficient (Wildman–Crippen LogP) is 0.977. The molecule has 136 valence electrons. The van der Waals surface area contributed by atoms with Crippen LogP contribution in [0.5, 0.6) is 0 Å². The summed E-state index contributed by atoms with van der Waals surface area (Å²) in [5.74, 6) is 0.263. The predicted molar refractivity (Wildman–Crippen MR) is 88.7 cm³/mol. The molecule has 0 aromatic rings. The molecule has 3 saturated heterocycles. The summed E-state index contributed by atoms with van der Waals surface area (Å²) in [6.45, 7) is 6.21. The van der Waals surface area contributed by atoms with Crippen molar-refractivity contribution in [2.24, 2.45) is 0 Å². The molecule has 2 amide bonds. The smallest absolute Gasteiger partial charge is 0.407 e. The second-order valence-corrected chi connectivity index (χ2v) is 6.88. The van der Waals surface area contributed by atoms with Gasteiger partial charge in [-0.2, -0.15) is 0 Å². The molecule has 3 aliphatic rings. The van der Waals surface area contributed by atoms with Gasteiger partial charge in [0.2, 0.25) is 5.91 Å².